The van der Waals surface area contributed by atoms with Crippen LogP contribution in [-0.2, 0) is 4.74 Å². The average Bonchev–Trinajstić information content (AvgIpc) is 3.53. The number of rotatable bonds is 6. The summed E-state index contributed by atoms with van der Waals surface area (Å²) < 4.78 is 5.42. The topological polar surface area (TPSA) is 102 Å². The normalized spacial score (nSPS) is 21.4. The van der Waals surface area contributed by atoms with E-state index < -0.39 is 6.04 Å². The highest BCUT2D eigenvalue weighted by Crippen LogP contribution is 2.49. The summed E-state index contributed by atoms with van der Waals surface area (Å²) >= 11 is 0. The molecule has 1 aliphatic carbocycles. The molecule has 0 saturated carbocycles. The Morgan fingerprint density at radius 2 is 1.70 bits per heavy atom. The first-order valence-electron chi connectivity index (χ1n) is 14.1. The Hall–Kier alpha value is -3.60. The molecule has 3 heterocycles. The molecule has 0 spiro atoms. The number of piperidine rings is 1. The number of azo groups is 1. The van der Waals surface area contributed by atoms with Crippen LogP contribution < -0.4 is 15.6 Å². The van der Waals surface area contributed by atoms with Crippen LogP contribution in [-0.4, -0.2) is 81.3 Å². The summed E-state index contributed by atoms with van der Waals surface area (Å²) in [5.41, 5.74) is 7.87. The summed E-state index contributed by atoms with van der Waals surface area (Å²) in [5.74, 6) is -0.136. The smallest absolute Gasteiger partial charge is 0.333 e. The predicted molar refractivity (Wildman–Crippen MR) is 154 cm³/mol. The number of ketones is 1. The Kier molecular flexibility index (Phi) is 7.39. The van der Waals surface area contributed by atoms with Gasteiger partial charge in [-0.15, -0.1) is 0 Å². The van der Waals surface area contributed by atoms with Gasteiger partial charge in [-0.2, -0.15) is 10.2 Å². The van der Waals surface area contributed by atoms with Gasteiger partial charge in [-0.25, -0.2) is 9.80 Å². The van der Waals surface area contributed by atoms with Crippen molar-refractivity contribution in [1.29, 1.82) is 0 Å². The molecule has 1 unspecified atom stereocenters. The van der Waals surface area contributed by atoms with Gasteiger partial charge in [0.25, 0.3) is 0 Å². The van der Waals surface area contributed by atoms with Crippen LogP contribution in [0.1, 0.15) is 53.2 Å². The summed E-state index contributed by atoms with van der Waals surface area (Å²) in [6.45, 7) is 3.43. The Labute approximate surface area is 235 Å². The van der Waals surface area contributed by atoms with E-state index in [1.807, 2.05) is 36.3 Å². The van der Waals surface area contributed by atoms with Crippen LogP contribution in [0.5, 0.6) is 0 Å². The van der Waals surface area contributed by atoms with Gasteiger partial charge in [0.2, 0.25) is 0 Å². The predicted octanol–water partition coefficient (Wildman–Crippen LogP) is 4.48. The molecule has 2 aromatic rings. The van der Waals surface area contributed by atoms with Crippen LogP contribution >= 0.6 is 0 Å². The van der Waals surface area contributed by atoms with Gasteiger partial charge in [0.1, 0.15) is 11.7 Å². The number of hydrazine groups is 1. The number of Topliss-reactive ketones (excluding diaryl/α,β-unsaturated/α-hetero) is 1. The lowest BCUT2D eigenvalue weighted by molar-refractivity contribution is 0.0312. The highest BCUT2D eigenvalue weighted by Gasteiger charge is 2.42. The summed E-state index contributed by atoms with van der Waals surface area (Å²) in [7, 11) is 6.16. The maximum absolute atomic E-state index is 13.7. The van der Waals surface area contributed by atoms with Gasteiger partial charge in [-0.1, -0.05) is 24.3 Å². The zero-order valence-electron chi connectivity index (χ0n) is 23.4. The van der Waals surface area contributed by atoms with Crippen molar-refractivity contribution in [2.45, 2.75) is 43.8 Å². The van der Waals surface area contributed by atoms with Crippen molar-refractivity contribution in [3.63, 3.8) is 0 Å². The molecule has 3 aliphatic heterocycles. The number of amides is 2. The fourth-order valence-corrected chi connectivity index (χ4v) is 6.25. The number of nitrogens with zero attached hydrogens (tertiary/aromatic N) is 5. The average molecular weight is 544 g/mol. The summed E-state index contributed by atoms with van der Waals surface area (Å²) in [6.07, 6.45) is 4.00. The molecule has 6 rings (SSSR count). The maximum atomic E-state index is 13.7. The number of carbonyl (C=O) groups is 2. The largest absolute Gasteiger partial charge is 0.381 e. The molecule has 2 fully saturated rings. The van der Waals surface area contributed by atoms with Crippen molar-refractivity contribution in [3.05, 3.63) is 64.7 Å². The number of urea groups is 1. The van der Waals surface area contributed by atoms with E-state index in [0.717, 1.165) is 49.9 Å². The SMILES string of the molecule is CN(C)C1CCN(c2ccc(C3=C4C(=O)c5c(NC(=O)NN(C)C6CCOCC6)cccc5C4N=N3)cc2)CC1. The first kappa shape index (κ1) is 26.6. The molecule has 0 bridgehead atoms. The van der Waals surface area contributed by atoms with E-state index in [0.29, 0.717) is 41.8 Å². The van der Waals surface area contributed by atoms with E-state index >= 15 is 0 Å². The third kappa shape index (κ3) is 5.02. The molecule has 2 aromatic carbocycles. The molecule has 2 amide bonds. The number of nitrogens with one attached hydrogen (secondary N) is 2. The van der Waals surface area contributed by atoms with Crippen LogP contribution in [0.25, 0.3) is 5.70 Å². The van der Waals surface area contributed by atoms with Crippen LogP contribution in [0.4, 0.5) is 16.2 Å². The quantitative estimate of drug-likeness (QED) is 0.521. The minimum atomic E-state index is -0.447. The molecule has 2 saturated heterocycles. The molecule has 210 valence electrons. The number of hydrogen-bond donors (Lipinski definition) is 2. The maximum Gasteiger partial charge on any atom is 0.333 e. The third-order valence-corrected chi connectivity index (χ3v) is 8.63. The lowest BCUT2D eigenvalue weighted by Crippen LogP contribution is -2.49. The number of hydrogen-bond acceptors (Lipinski definition) is 8. The first-order chi connectivity index (χ1) is 19.4. The van der Waals surface area contributed by atoms with Crippen molar-refractivity contribution in [3.8, 4) is 0 Å². The van der Waals surface area contributed by atoms with E-state index in [-0.39, 0.29) is 17.9 Å². The lowest BCUT2D eigenvalue weighted by Gasteiger charge is -2.36. The van der Waals surface area contributed by atoms with E-state index in [1.54, 1.807) is 6.07 Å². The molecule has 1 atom stereocenters. The van der Waals surface area contributed by atoms with Crippen molar-refractivity contribution in [2.24, 2.45) is 10.2 Å². The molecule has 4 aliphatic rings. The van der Waals surface area contributed by atoms with Crippen LogP contribution in [0.15, 0.2) is 58.3 Å². The molecule has 10 heteroatoms. The van der Waals surface area contributed by atoms with Gasteiger partial charge in [-0.3, -0.25) is 10.2 Å². The third-order valence-electron chi connectivity index (χ3n) is 8.63. The molecular formula is C30H37N7O3. The van der Waals surface area contributed by atoms with Crippen LogP contribution in [0.2, 0.25) is 0 Å². The highest BCUT2D eigenvalue weighted by molar-refractivity contribution is 6.22. The molecule has 40 heavy (non-hydrogen) atoms. The van der Waals surface area contributed by atoms with E-state index in [1.165, 1.54) is 5.69 Å². The highest BCUT2D eigenvalue weighted by atomic mass is 16.5. The van der Waals surface area contributed by atoms with Crippen molar-refractivity contribution >= 4 is 28.9 Å². The van der Waals surface area contributed by atoms with Crippen molar-refractivity contribution in [1.82, 2.24) is 15.3 Å². The van der Waals surface area contributed by atoms with E-state index in [9.17, 15) is 9.59 Å². The van der Waals surface area contributed by atoms with Gasteiger partial charge < -0.3 is 19.9 Å². The zero-order valence-corrected chi connectivity index (χ0v) is 23.4. The van der Waals surface area contributed by atoms with Gasteiger partial charge in [0, 0.05) is 56.7 Å². The first-order valence-corrected chi connectivity index (χ1v) is 14.1. The second-order valence-electron chi connectivity index (χ2n) is 11.2. The van der Waals surface area contributed by atoms with Crippen LogP contribution in [0.3, 0.4) is 0 Å². The van der Waals surface area contributed by atoms with E-state index in [4.69, 9.17) is 4.74 Å². The fraction of sp³-hybridized carbons (Fsp3) is 0.467. The monoisotopic (exact) mass is 543 g/mol. The number of carbonyl (C=O) groups excluding carboxylic acids is 2. The van der Waals surface area contributed by atoms with Gasteiger partial charge in [0.15, 0.2) is 5.78 Å². The fourth-order valence-electron chi connectivity index (χ4n) is 6.25. The Balaban J connectivity index is 1.18. The number of anilines is 2. The van der Waals surface area contributed by atoms with Crippen molar-refractivity contribution < 1.29 is 14.3 Å². The van der Waals surface area contributed by atoms with Gasteiger partial charge in [0.05, 0.1) is 16.8 Å². The second kappa shape index (κ2) is 11.1. The van der Waals surface area contributed by atoms with Gasteiger partial charge >= 0.3 is 6.03 Å². The molecule has 0 aromatic heterocycles. The zero-order chi connectivity index (χ0) is 27.8. The Morgan fingerprint density at radius 3 is 2.40 bits per heavy atom. The lowest BCUT2D eigenvalue weighted by atomic mass is 10.0. The van der Waals surface area contributed by atoms with Gasteiger partial charge in [-0.05, 0) is 63.5 Å². The van der Waals surface area contributed by atoms with Crippen molar-refractivity contribution in [2.75, 3.05) is 57.7 Å². The van der Waals surface area contributed by atoms with Crippen LogP contribution in [0, 0.1) is 0 Å². The summed E-state index contributed by atoms with van der Waals surface area (Å²) in [5, 5.41) is 13.6. The Bertz CT molecular complexity index is 1340. The van der Waals surface area contributed by atoms with E-state index in [2.05, 4.69) is 57.0 Å². The Morgan fingerprint density at radius 1 is 0.975 bits per heavy atom. The number of benzene rings is 2. The molecule has 2 N–H and O–H groups in total. The standard InChI is InChI=1S/C30H37N7O3/c1-35(2)20-11-15-37(16-12-20)22-9-7-19(8-10-22)27-26-28(33-32-27)23-5-4-6-24(25(23)29(26)38)31-30(39)34-36(3)21-13-17-40-18-14-21/h4-10,20-21,28H,11-18H2,1-3H3,(H2,31,34,39). The summed E-state index contributed by atoms with van der Waals surface area (Å²) in [6, 6.07) is 13.8. The number of fused-ring (bicyclic) bond motifs is 3. The minimum Gasteiger partial charge on any atom is -0.381 e. The molecule has 0 radical (unpaired) electrons. The molecular weight excluding hydrogens is 506 g/mol. The molecule has 10 nitrogen and oxygen atoms in total. The summed E-state index contributed by atoms with van der Waals surface area (Å²) in [4.78, 5) is 31.3. The second-order valence-corrected chi connectivity index (χ2v) is 11.2. The number of ether oxygens (including phenoxy) is 1. The minimum absolute atomic E-state index is 0.136.